The second-order valence-corrected chi connectivity index (χ2v) is 6.37. The van der Waals surface area contributed by atoms with Crippen molar-refractivity contribution < 1.29 is 4.74 Å². The van der Waals surface area contributed by atoms with Gasteiger partial charge in [0, 0.05) is 0 Å². The molecule has 0 amide bonds. The van der Waals surface area contributed by atoms with Crippen LogP contribution in [0.3, 0.4) is 0 Å². The SMILES string of the molecule is C=CC(Cl)(C=C)C(CCCCCCCC)Oc1ccccc1. The molecule has 0 aliphatic heterocycles. The smallest absolute Gasteiger partial charge is 0.125 e. The molecule has 0 aliphatic carbocycles. The van der Waals surface area contributed by atoms with Crippen LogP contribution in [0.2, 0.25) is 0 Å². The summed E-state index contributed by atoms with van der Waals surface area (Å²) >= 11 is 6.63. The fourth-order valence-corrected chi connectivity index (χ4v) is 2.64. The molecule has 22 heavy (non-hydrogen) atoms. The molecule has 0 aliphatic rings. The highest BCUT2D eigenvalue weighted by atomic mass is 35.5. The van der Waals surface area contributed by atoms with Gasteiger partial charge in [-0.2, -0.15) is 0 Å². The van der Waals surface area contributed by atoms with E-state index in [1.54, 1.807) is 12.2 Å². The highest BCUT2D eigenvalue weighted by molar-refractivity contribution is 6.27. The van der Waals surface area contributed by atoms with E-state index in [1.165, 1.54) is 32.1 Å². The number of hydrogen-bond donors (Lipinski definition) is 0. The Morgan fingerprint density at radius 2 is 1.64 bits per heavy atom. The van der Waals surface area contributed by atoms with Crippen LogP contribution in [0.4, 0.5) is 0 Å². The lowest BCUT2D eigenvalue weighted by molar-refractivity contribution is 0.172. The summed E-state index contributed by atoms with van der Waals surface area (Å²) in [4.78, 5) is -0.723. The van der Waals surface area contributed by atoms with Crippen LogP contribution in [-0.2, 0) is 0 Å². The van der Waals surface area contributed by atoms with Crippen LogP contribution in [0.5, 0.6) is 5.75 Å². The van der Waals surface area contributed by atoms with Crippen LogP contribution in [-0.4, -0.2) is 11.0 Å². The second-order valence-electron chi connectivity index (χ2n) is 5.71. The van der Waals surface area contributed by atoms with Crippen molar-refractivity contribution in [3.05, 3.63) is 55.6 Å². The van der Waals surface area contributed by atoms with E-state index in [1.807, 2.05) is 30.3 Å². The van der Waals surface area contributed by atoms with Crippen LogP contribution >= 0.6 is 11.6 Å². The van der Waals surface area contributed by atoms with Crippen LogP contribution in [0.25, 0.3) is 0 Å². The van der Waals surface area contributed by atoms with E-state index in [2.05, 4.69) is 20.1 Å². The van der Waals surface area contributed by atoms with E-state index in [0.29, 0.717) is 0 Å². The first kappa shape index (κ1) is 18.8. The molecular weight excluding hydrogens is 292 g/mol. The van der Waals surface area contributed by atoms with Crippen LogP contribution in [0, 0.1) is 0 Å². The summed E-state index contributed by atoms with van der Waals surface area (Å²) < 4.78 is 6.11. The summed E-state index contributed by atoms with van der Waals surface area (Å²) in [6.07, 6.45) is 11.7. The Bertz CT molecular complexity index is 419. The number of halogens is 1. The first-order valence-corrected chi connectivity index (χ1v) is 8.72. The molecule has 0 N–H and O–H groups in total. The molecule has 1 aromatic rings. The minimum atomic E-state index is -0.723. The van der Waals surface area contributed by atoms with Gasteiger partial charge in [-0.05, 0) is 25.0 Å². The van der Waals surface area contributed by atoms with Gasteiger partial charge in [-0.25, -0.2) is 0 Å². The number of benzene rings is 1. The van der Waals surface area contributed by atoms with Crippen molar-refractivity contribution in [2.75, 3.05) is 0 Å². The summed E-state index contributed by atoms with van der Waals surface area (Å²) in [5.74, 6) is 0.840. The number of alkyl halides is 1. The first-order valence-electron chi connectivity index (χ1n) is 8.34. The van der Waals surface area contributed by atoms with Crippen molar-refractivity contribution in [1.82, 2.24) is 0 Å². The Morgan fingerprint density at radius 1 is 1.05 bits per heavy atom. The number of para-hydroxylation sites is 1. The molecule has 0 saturated carbocycles. The van der Waals surface area contributed by atoms with E-state index in [4.69, 9.17) is 16.3 Å². The van der Waals surface area contributed by atoms with E-state index in [0.717, 1.165) is 18.6 Å². The summed E-state index contributed by atoms with van der Waals surface area (Å²) in [5, 5.41) is 0. The van der Waals surface area contributed by atoms with Crippen LogP contribution < -0.4 is 4.74 Å². The third-order valence-corrected chi connectivity index (χ3v) is 4.51. The lowest BCUT2D eigenvalue weighted by atomic mass is 9.95. The molecule has 1 nitrogen and oxygen atoms in total. The van der Waals surface area contributed by atoms with Gasteiger partial charge in [0.15, 0.2) is 0 Å². The minimum Gasteiger partial charge on any atom is -0.488 e. The lowest BCUT2D eigenvalue weighted by Gasteiger charge is -2.30. The molecule has 0 saturated heterocycles. The maximum atomic E-state index is 6.63. The Hall–Kier alpha value is -1.21. The van der Waals surface area contributed by atoms with Gasteiger partial charge in [-0.3, -0.25) is 0 Å². The van der Waals surface area contributed by atoms with Crippen LogP contribution in [0.15, 0.2) is 55.6 Å². The van der Waals surface area contributed by atoms with Crippen molar-refractivity contribution in [1.29, 1.82) is 0 Å². The van der Waals surface area contributed by atoms with Gasteiger partial charge in [0.2, 0.25) is 0 Å². The molecule has 1 unspecified atom stereocenters. The molecule has 0 heterocycles. The number of unbranched alkanes of at least 4 members (excludes halogenated alkanes) is 5. The Labute approximate surface area is 141 Å². The maximum Gasteiger partial charge on any atom is 0.125 e. The highest BCUT2D eigenvalue weighted by Crippen LogP contribution is 2.30. The Balaban J connectivity index is 2.59. The molecule has 0 bridgehead atoms. The first-order chi connectivity index (χ1) is 10.7. The molecule has 0 aromatic heterocycles. The van der Waals surface area contributed by atoms with E-state index in [9.17, 15) is 0 Å². The normalized spacial score (nSPS) is 12.6. The van der Waals surface area contributed by atoms with Crippen molar-refractivity contribution in [2.45, 2.75) is 62.8 Å². The van der Waals surface area contributed by atoms with Crippen LogP contribution in [0.1, 0.15) is 51.9 Å². The fraction of sp³-hybridized carbons (Fsp3) is 0.500. The van der Waals surface area contributed by atoms with Gasteiger partial charge < -0.3 is 4.74 Å². The summed E-state index contributed by atoms with van der Waals surface area (Å²) in [6.45, 7) is 9.94. The zero-order valence-electron chi connectivity index (χ0n) is 13.8. The molecule has 0 radical (unpaired) electrons. The minimum absolute atomic E-state index is 0.141. The molecular formula is C20H29ClO. The number of ether oxygens (including phenoxy) is 1. The van der Waals surface area contributed by atoms with Gasteiger partial charge in [0.05, 0.1) is 0 Å². The third kappa shape index (κ3) is 6.27. The molecule has 0 spiro atoms. The number of hydrogen-bond acceptors (Lipinski definition) is 1. The largest absolute Gasteiger partial charge is 0.488 e. The standard InChI is InChI=1S/C20H29ClO/c1-4-7-8-9-10-14-17-19(20(21,5-2)6-3)22-18-15-12-11-13-16-18/h5-6,11-13,15-16,19H,2-4,7-10,14,17H2,1H3. The number of rotatable bonds is 12. The summed E-state index contributed by atoms with van der Waals surface area (Å²) in [6, 6.07) is 9.82. The maximum absolute atomic E-state index is 6.63. The van der Waals surface area contributed by atoms with Gasteiger partial charge in [-0.1, -0.05) is 69.4 Å². The zero-order valence-corrected chi connectivity index (χ0v) is 14.5. The van der Waals surface area contributed by atoms with Gasteiger partial charge in [0.1, 0.15) is 16.7 Å². The van der Waals surface area contributed by atoms with Gasteiger partial charge in [0.25, 0.3) is 0 Å². The lowest BCUT2D eigenvalue weighted by Crippen LogP contribution is -2.37. The van der Waals surface area contributed by atoms with Crippen molar-refractivity contribution in [2.24, 2.45) is 0 Å². The highest BCUT2D eigenvalue weighted by Gasteiger charge is 2.32. The average molecular weight is 321 g/mol. The van der Waals surface area contributed by atoms with Gasteiger partial charge in [-0.15, -0.1) is 24.8 Å². The molecule has 1 atom stereocenters. The fourth-order valence-electron chi connectivity index (χ4n) is 2.49. The molecule has 1 rings (SSSR count). The van der Waals surface area contributed by atoms with Crippen molar-refractivity contribution in [3.8, 4) is 5.75 Å². The average Bonchev–Trinajstić information content (AvgIpc) is 2.57. The third-order valence-electron chi connectivity index (χ3n) is 3.96. The summed E-state index contributed by atoms with van der Waals surface area (Å²) in [5.41, 5.74) is 0. The second kappa shape index (κ2) is 10.5. The Morgan fingerprint density at radius 3 is 2.23 bits per heavy atom. The molecule has 0 fully saturated rings. The Kier molecular flexibility index (Phi) is 9.00. The molecule has 2 heteroatoms. The molecule has 1 aromatic carbocycles. The van der Waals surface area contributed by atoms with Crippen molar-refractivity contribution in [3.63, 3.8) is 0 Å². The van der Waals surface area contributed by atoms with E-state index >= 15 is 0 Å². The predicted octanol–water partition coefficient (Wildman–Crippen LogP) is 6.53. The van der Waals surface area contributed by atoms with E-state index in [-0.39, 0.29) is 6.10 Å². The van der Waals surface area contributed by atoms with E-state index < -0.39 is 4.87 Å². The molecule has 122 valence electrons. The topological polar surface area (TPSA) is 9.23 Å². The quantitative estimate of drug-likeness (QED) is 0.241. The van der Waals surface area contributed by atoms with Crippen molar-refractivity contribution >= 4 is 11.6 Å². The summed E-state index contributed by atoms with van der Waals surface area (Å²) in [7, 11) is 0. The zero-order chi connectivity index (χ0) is 16.3. The monoisotopic (exact) mass is 320 g/mol. The van der Waals surface area contributed by atoms with Gasteiger partial charge >= 0.3 is 0 Å². The predicted molar refractivity (Wildman–Crippen MR) is 97.8 cm³/mol.